The summed E-state index contributed by atoms with van der Waals surface area (Å²) in [6.45, 7) is 2.59. The van der Waals surface area contributed by atoms with E-state index in [1.807, 2.05) is 12.1 Å². The lowest BCUT2D eigenvalue weighted by atomic mass is 10.2. The van der Waals surface area contributed by atoms with Crippen LogP contribution in [0, 0.1) is 0 Å². The molecule has 14 heavy (non-hydrogen) atoms. The lowest BCUT2D eigenvalue weighted by Gasteiger charge is -2.06. The molecule has 1 unspecified atom stereocenters. The van der Waals surface area contributed by atoms with Crippen molar-refractivity contribution >= 4 is 17.4 Å². The van der Waals surface area contributed by atoms with Crippen molar-refractivity contribution in [3.8, 4) is 0 Å². The summed E-state index contributed by atoms with van der Waals surface area (Å²) in [7, 11) is 0. The van der Waals surface area contributed by atoms with Crippen LogP contribution in [0.15, 0.2) is 18.2 Å². The summed E-state index contributed by atoms with van der Waals surface area (Å²) in [5.74, 6) is 0.781. The predicted molar refractivity (Wildman–Crippen MR) is 58.7 cm³/mol. The number of rotatable bonds is 5. The van der Waals surface area contributed by atoms with Crippen LogP contribution in [-0.4, -0.2) is 22.7 Å². The topological polar surface area (TPSA) is 45.1 Å². The second kappa shape index (κ2) is 5.83. The van der Waals surface area contributed by atoms with Gasteiger partial charge in [0.05, 0.1) is 6.10 Å². The molecule has 1 aromatic heterocycles. The van der Waals surface area contributed by atoms with Crippen LogP contribution in [0.4, 0.5) is 5.82 Å². The van der Waals surface area contributed by atoms with Crippen molar-refractivity contribution in [1.29, 1.82) is 0 Å². The fourth-order valence-corrected chi connectivity index (χ4v) is 1.28. The zero-order valence-electron chi connectivity index (χ0n) is 8.20. The maximum atomic E-state index is 9.03. The average Bonchev–Trinajstić information content (AvgIpc) is 2.12. The summed E-state index contributed by atoms with van der Waals surface area (Å²) in [6.07, 6.45) is 1.49. The number of anilines is 1. The van der Waals surface area contributed by atoms with E-state index in [-0.39, 0.29) is 6.10 Å². The Morgan fingerprint density at radius 3 is 3.00 bits per heavy atom. The number of aliphatic hydroxyl groups excluding tert-OH is 1. The molecule has 0 aliphatic heterocycles. The maximum absolute atomic E-state index is 9.03. The number of halogens is 1. The van der Waals surface area contributed by atoms with Gasteiger partial charge >= 0.3 is 0 Å². The monoisotopic (exact) mass is 214 g/mol. The molecule has 0 bridgehead atoms. The molecule has 0 saturated heterocycles. The first-order chi connectivity index (χ1) is 6.68. The fraction of sp³-hybridized carbons (Fsp3) is 0.500. The van der Waals surface area contributed by atoms with Gasteiger partial charge in [0, 0.05) is 6.54 Å². The predicted octanol–water partition coefficient (Wildman–Crippen LogP) is 2.31. The first kappa shape index (κ1) is 11.3. The Morgan fingerprint density at radius 2 is 2.36 bits per heavy atom. The molecule has 0 saturated carbocycles. The van der Waals surface area contributed by atoms with Gasteiger partial charge in [-0.2, -0.15) is 0 Å². The molecule has 0 aliphatic rings. The van der Waals surface area contributed by atoms with Crippen LogP contribution in [0.5, 0.6) is 0 Å². The highest BCUT2D eigenvalue weighted by molar-refractivity contribution is 6.29. The van der Waals surface area contributed by atoms with Crippen molar-refractivity contribution in [2.75, 3.05) is 11.9 Å². The third-order valence-electron chi connectivity index (χ3n) is 1.82. The van der Waals surface area contributed by atoms with Gasteiger partial charge in [-0.15, -0.1) is 0 Å². The minimum absolute atomic E-state index is 0.232. The highest BCUT2D eigenvalue weighted by Gasteiger charge is 1.96. The summed E-state index contributed by atoms with van der Waals surface area (Å²) in [5, 5.41) is 12.7. The van der Waals surface area contributed by atoms with Crippen LogP contribution < -0.4 is 5.32 Å². The molecule has 0 aliphatic carbocycles. The normalized spacial score (nSPS) is 12.5. The van der Waals surface area contributed by atoms with E-state index in [2.05, 4.69) is 10.3 Å². The van der Waals surface area contributed by atoms with E-state index in [0.717, 1.165) is 25.2 Å². The summed E-state index contributed by atoms with van der Waals surface area (Å²) in [5.41, 5.74) is 0. The number of aliphatic hydroxyl groups is 1. The first-order valence-electron chi connectivity index (χ1n) is 4.73. The molecular weight excluding hydrogens is 200 g/mol. The number of pyridine rings is 1. The molecule has 1 rings (SSSR count). The van der Waals surface area contributed by atoms with E-state index >= 15 is 0 Å². The molecule has 0 fully saturated rings. The quantitative estimate of drug-likeness (QED) is 0.584. The fourth-order valence-electron chi connectivity index (χ4n) is 1.12. The molecule has 0 amide bonds. The standard InChI is InChI=1S/C10H15ClN2O/c1-8(14)4-3-7-12-10-6-2-5-9(11)13-10/h2,5-6,8,14H,3-4,7H2,1H3,(H,12,13). The number of nitrogens with zero attached hydrogens (tertiary/aromatic N) is 1. The number of hydrogen-bond donors (Lipinski definition) is 2. The Morgan fingerprint density at radius 1 is 1.57 bits per heavy atom. The Kier molecular flexibility index (Phi) is 4.70. The van der Waals surface area contributed by atoms with Crippen molar-refractivity contribution in [2.45, 2.75) is 25.9 Å². The minimum Gasteiger partial charge on any atom is -0.393 e. The van der Waals surface area contributed by atoms with Gasteiger partial charge in [-0.05, 0) is 31.9 Å². The Bertz CT molecular complexity index is 279. The first-order valence-corrected chi connectivity index (χ1v) is 5.11. The third kappa shape index (κ3) is 4.44. The van der Waals surface area contributed by atoms with Crippen LogP contribution in [0.3, 0.4) is 0 Å². The van der Waals surface area contributed by atoms with Crippen molar-refractivity contribution in [3.05, 3.63) is 23.4 Å². The van der Waals surface area contributed by atoms with Crippen molar-refractivity contribution in [3.63, 3.8) is 0 Å². The van der Waals surface area contributed by atoms with Gasteiger partial charge < -0.3 is 10.4 Å². The molecule has 1 aromatic rings. The smallest absolute Gasteiger partial charge is 0.131 e. The molecule has 0 spiro atoms. The molecule has 78 valence electrons. The third-order valence-corrected chi connectivity index (χ3v) is 2.03. The largest absolute Gasteiger partial charge is 0.393 e. The van der Waals surface area contributed by atoms with Crippen LogP contribution in [0.2, 0.25) is 5.15 Å². The van der Waals surface area contributed by atoms with Crippen molar-refractivity contribution in [2.24, 2.45) is 0 Å². The molecule has 2 N–H and O–H groups in total. The SMILES string of the molecule is CC(O)CCCNc1cccc(Cl)n1. The second-order valence-electron chi connectivity index (χ2n) is 3.26. The van der Waals surface area contributed by atoms with E-state index in [1.165, 1.54) is 0 Å². The molecule has 1 heterocycles. The molecule has 1 atom stereocenters. The summed E-state index contributed by atoms with van der Waals surface area (Å²) < 4.78 is 0. The van der Waals surface area contributed by atoms with Crippen LogP contribution >= 0.6 is 11.6 Å². The van der Waals surface area contributed by atoms with Crippen molar-refractivity contribution < 1.29 is 5.11 Å². The number of aromatic nitrogens is 1. The van der Waals surface area contributed by atoms with Gasteiger partial charge in [-0.1, -0.05) is 17.7 Å². The van der Waals surface area contributed by atoms with E-state index in [4.69, 9.17) is 16.7 Å². The van der Waals surface area contributed by atoms with Gasteiger partial charge in [0.25, 0.3) is 0 Å². The minimum atomic E-state index is -0.232. The lowest BCUT2D eigenvalue weighted by molar-refractivity contribution is 0.183. The Hall–Kier alpha value is -0.800. The molecule has 0 radical (unpaired) electrons. The molecular formula is C10H15ClN2O. The number of hydrogen-bond acceptors (Lipinski definition) is 3. The van der Waals surface area contributed by atoms with E-state index in [1.54, 1.807) is 13.0 Å². The zero-order chi connectivity index (χ0) is 10.4. The van der Waals surface area contributed by atoms with E-state index < -0.39 is 0 Å². The van der Waals surface area contributed by atoms with Gasteiger partial charge in [0.2, 0.25) is 0 Å². The number of nitrogens with one attached hydrogen (secondary N) is 1. The lowest BCUT2D eigenvalue weighted by Crippen LogP contribution is -2.07. The molecule has 0 aromatic carbocycles. The van der Waals surface area contributed by atoms with Gasteiger partial charge in [-0.3, -0.25) is 0 Å². The highest BCUT2D eigenvalue weighted by atomic mass is 35.5. The Labute approximate surface area is 89.1 Å². The average molecular weight is 215 g/mol. The van der Waals surface area contributed by atoms with Crippen LogP contribution in [0.1, 0.15) is 19.8 Å². The van der Waals surface area contributed by atoms with Gasteiger partial charge in [0.1, 0.15) is 11.0 Å². The van der Waals surface area contributed by atoms with Crippen LogP contribution in [0.25, 0.3) is 0 Å². The molecule has 4 heteroatoms. The van der Waals surface area contributed by atoms with E-state index in [0.29, 0.717) is 5.15 Å². The molecule has 3 nitrogen and oxygen atoms in total. The van der Waals surface area contributed by atoms with Crippen molar-refractivity contribution in [1.82, 2.24) is 4.98 Å². The zero-order valence-corrected chi connectivity index (χ0v) is 8.96. The second-order valence-corrected chi connectivity index (χ2v) is 3.65. The highest BCUT2D eigenvalue weighted by Crippen LogP contribution is 2.09. The summed E-state index contributed by atoms with van der Waals surface area (Å²) in [4.78, 5) is 4.08. The Balaban J connectivity index is 2.25. The van der Waals surface area contributed by atoms with E-state index in [9.17, 15) is 0 Å². The summed E-state index contributed by atoms with van der Waals surface area (Å²) >= 11 is 5.72. The maximum Gasteiger partial charge on any atom is 0.131 e. The van der Waals surface area contributed by atoms with Gasteiger partial charge in [0.15, 0.2) is 0 Å². The summed E-state index contributed by atoms with van der Waals surface area (Å²) in [6, 6.07) is 5.46. The van der Waals surface area contributed by atoms with Gasteiger partial charge in [-0.25, -0.2) is 4.98 Å². The van der Waals surface area contributed by atoms with Crippen LogP contribution in [-0.2, 0) is 0 Å².